The van der Waals surface area contributed by atoms with E-state index in [4.69, 9.17) is 15.9 Å². The Kier molecular flexibility index (Phi) is 13.1. The van der Waals surface area contributed by atoms with E-state index >= 15 is 0 Å². The van der Waals surface area contributed by atoms with Gasteiger partial charge in [0.15, 0.2) is 0 Å². The third kappa shape index (κ3) is 12.2. The van der Waals surface area contributed by atoms with Gasteiger partial charge in [0.1, 0.15) is 35.9 Å². The van der Waals surface area contributed by atoms with Gasteiger partial charge < -0.3 is 25.0 Å². The number of benzene rings is 3. The summed E-state index contributed by atoms with van der Waals surface area (Å²) in [7, 11) is 0. The highest BCUT2D eigenvalue weighted by Crippen LogP contribution is 2.25. The van der Waals surface area contributed by atoms with Gasteiger partial charge in [0, 0.05) is 18.4 Å². The Bertz CT molecular complexity index is 1660. The third-order valence-corrected chi connectivity index (χ3v) is 7.04. The van der Waals surface area contributed by atoms with Crippen molar-refractivity contribution < 1.29 is 28.7 Å². The zero-order valence-electron chi connectivity index (χ0n) is 28.9. The van der Waals surface area contributed by atoms with Crippen LogP contribution in [0.1, 0.15) is 69.8 Å². The van der Waals surface area contributed by atoms with E-state index in [2.05, 4.69) is 16.6 Å². The van der Waals surface area contributed by atoms with Crippen molar-refractivity contribution in [3.63, 3.8) is 0 Å². The summed E-state index contributed by atoms with van der Waals surface area (Å²) in [5, 5.41) is 15.4. The summed E-state index contributed by atoms with van der Waals surface area (Å²) in [5.41, 5.74) is 0.656. The normalized spacial score (nSPS) is 13.0. The number of hydrogen-bond donors (Lipinski definition) is 2. The fraction of sp³-hybridized carbons (Fsp3) is 0.359. The average molecular weight is 665 g/mol. The zero-order chi connectivity index (χ0) is 36.2. The molecule has 49 heavy (non-hydrogen) atoms. The van der Waals surface area contributed by atoms with Crippen LogP contribution in [0.2, 0.25) is 0 Å². The molecule has 0 heterocycles. The van der Waals surface area contributed by atoms with Gasteiger partial charge in [-0.05, 0) is 70.4 Å². The maximum absolute atomic E-state index is 14.5. The summed E-state index contributed by atoms with van der Waals surface area (Å²) in [5.74, 6) is 0.406. The summed E-state index contributed by atoms with van der Waals surface area (Å²) in [6.07, 6.45) is 4.88. The van der Waals surface area contributed by atoms with Gasteiger partial charge in [-0.3, -0.25) is 9.59 Å². The van der Waals surface area contributed by atoms with E-state index in [0.29, 0.717) is 11.1 Å². The van der Waals surface area contributed by atoms with Crippen molar-refractivity contribution >= 4 is 23.9 Å². The molecule has 0 saturated carbocycles. The van der Waals surface area contributed by atoms with Gasteiger partial charge >= 0.3 is 12.1 Å². The second kappa shape index (κ2) is 17.0. The fourth-order valence-corrected chi connectivity index (χ4v) is 4.97. The number of nitrogens with one attached hydrogen (secondary N) is 2. The van der Waals surface area contributed by atoms with Crippen LogP contribution in [0.15, 0.2) is 84.9 Å². The molecule has 3 aromatic rings. The fourth-order valence-electron chi connectivity index (χ4n) is 4.97. The first kappa shape index (κ1) is 37.8. The Morgan fingerprint density at radius 2 is 1.27 bits per heavy atom. The molecule has 0 aliphatic heterocycles. The number of amides is 3. The molecule has 0 aromatic heterocycles. The van der Waals surface area contributed by atoms with Crippen molar-refractivity contribution in [3.8, 4) is 18.4 Å². The summed E-state index contributed by atoms with van der Waals surface area (Å²) >= 11 is 0. The number of carbonyl (C=O) groups excluding carboxylic acids is 4. The van der Waals surface area contributed by atoms with Crippen LogP contribution in [-0.4, -0.2) is 58.6 Å². The summed E-state index contributed by atoms with van der Waals surface area (Å²) in [6.45, 7) is 9.73. The van der Waals surface area contributed by atoms with Crippen molar-refractivity contribution in [2.45, 2.75) is 83.7 Å². The lowest BCUT2D eigenvalue weighted by atomic mass is 9.98. The minimum Gasteiger partial charge on any atom is -0.458 e. The van der Waals surface area contributed by atoms with Gasteiger partial charge in [0.2, 0.25) is 11.8 Å². The molecule has 0 radical (unpaired) electrons. The molecule has 3 aromatic carbocycles. The highest BCUT2D eigenvalue weighted by Gasteiger charge is 2.38. The van der Waals surface area contributed by atoms with E-state index in [0.717, 1.165) is 16.0 Å². The van der Waals surface area contributed by atoms with Crippen LogP contribution in [-0.2, 0) is 36.7 Å². The Labute approximate surface area is 288 Å². The maximum Gasteiger partial charge on any atom is 0.408 e. The lowest BCUT2D eigenvalue weighted by Gasteiger charge is -2.34. The Morgan fingerprint density at radius 3 is 1.73 bits per heavy atom. The van der Waals surface area contributed by atoms with Gasteiger partial charge in [0.05, 0.1) is 6.07 Å². The number of terminal acetylenes is 1. The molecular weight excluding hydrogens is 620 g/mol. The Balaban J connectivity index is 2.09. The molecule has 0 fully saturated rings. The lowest BCUT2D eigenvalue weighted by Crippen LogP contribution is -2.55. The number of carbonyl (C=O) groups is 4. The van der Waals surface area contributed by atoms with E-state index in [-0.39, 0.29) is 12.8 Å². The van der Waals surface area contributed by atoms with Crippen LogP contribution in [0.5, 0.6) is 0 Å². The van der Waals surface area contributed by atoms with E-state index in [1.807, 2.05) is 42.5 Å². The lowest BCUT2D eigenvalue weighted by molar-refractivity contribution is -0.159. The van der Waals surface area contributed by atoms with Crippen LogP contribution in [0, 0.1) is 23.7 Å². The third-order valence-electron chi connectivity index (χ3n) is 7.04. The van der Waals surface area contributed by atoms with Crippen LogP contribution < -0.4 is 10.6 Å². The number of nitriles is 1. The van der Waals surface area contributed by atoms with Crippen molar-refractivity contribution in [1.82, 2.24) is 15.5 Å². The maximum atomic E-state index is 14.5. The topological polar surface area (TPSA) is 138 Å². The quantitative estimate of drug-likeness (QED) is 0.153. The standard InChI is InChI=1S/C39H44N4O6/c1-8-27-19-21-30(22-20-27)33(34(44)41-32(36(46)48-38(2,3)4)26-29-17-13-10-14-18-29)43(24-23-40)35(45)31(25-28-15-11-9-12-16-28)42-37(47)49-39(5,6)7/h1,9-22,31-33H,24-26H2,2-7H3,(H,41,44)(H,42,47). The van der Waals surface area contributed by atoms with Crippen LogP contribution in [0.3, 0.4) is 0 Å². The number of alkyl carbamates (subject to hydrolysis) is 1. The first-order valence-electron chi connectivity index (χ1n) is 15.9. The molecule has 3 rings (SSSR count). The second-order valence-corrected chi connectivity index (χ2v) is 13.5. The smallest absolute Gasteiger partial charge is 0.408 e. The molecule has 3 atom stereocenters. The van der Waals surface area contributed by atoms with Gasteiger partial charge in [-0.25, -0.2) is 9.59 Å². The zero-order valence-corrected chi connectivity index (χ0v) is 28.9. The highest BCUT2D eigenvalue weighted by molar-refractivity contribution is 5.94. The van der Waals surface area contributed by atoms with E-state index in [9.17, 15) is 24.4 Å². The summed E-state index contributed by atoms with van der Waals surface area (Å²) < 4.78 is 11.1. The van der Waals surface area contributed by atoms with Crippen molar-refractivity contribution in [3.05, 3.63) is 107 Å². The monoisotopic (exact) mass is 664 g/mol. The number of ether oxygens (including phenoxy) is 2. The molecule has 0 saturated heterocycles. The largest absolute Gasteiger partial charge is 0.458 e. The molecule has 3 amide bonds. The highest BCUT2D eigenvalue weighted by atomic mass is 16.6. The number of hydrogen-bond acceptors (Lipinski definition) is 7. The molecule has 3 unspecified atom stereocenters. The molecule has 10 heteroatoms. The molecular formula is C39H44N4O6. The van der Waals surface area contributed by atoms with E-state index in [1.54, 1.807) is 90.1 Å². The van der Waals surface area contributed by atoms with E-state index in [1.165, 1.54) is 0 Å². The summed E-state index contributed by atoms with van der Waals surface area (Å²) in [4.78, 5) is 56.4. The Morgan fingerprint density at radius 1 is 0.755 bits per heavy atom. The van der Waals surface area contributed by atoms with Crippen molar-refractivity contribution in [2.75, 3.05) is 6.54 Å². The molecule has 0 aliphatic carbocycles. The van der Waals surface area contributed by atoms with Crippen molar-refractivity contribution in [2.24, 2.45) is 0 Å². The predicted molar refractivity (Wildman–Crippen MR) is 186 cm³/mol. The molecule has 0 spiro atoms. The molecule has 0 bridgehead atoms. The first-order chi connectivity index (χ1) is 23.1. The van der Waals surface area contributed by atoms with Gasteiger partial charge in [-0.15, -0.1) is 6.42 Å². The van der Waals surface area contributed by atoms with Crippen LogP contribution in [0.25, 0.3) is 0 Å². The average Bonchev–Trinajstić information content (AvgIpc) is 3.03. The van der Waals surface area contributed by atoms with Gasteiger partial charge in [-0.1, -0.05) is 78.7 Å². The minimum absolute atomic E-state index is 0.0414. The predicted octanol–water partition coefficient (Wildman–Crippen LogP) is 5.27. The first-order valence-corrected chi connectivity index (χ1v) is 15.9. The molecule has 256 valence electrons. The molecule has 2 N–H and O–H groups in total. The van der Waals surface area contributed by atoms with Gasteiger partial charge in [-0.2, -0.15) is 5.26 Å². The SMILES string of the molecule is C#Cc1ccc(C(C(=O)NC(Cc2ccccc2)C(=O)OC(C)(C)C)N(CC#N)C(=O)C(Cc2ccccc2)NC(=O)OC(C)(C)C)cc1. The van der Waals surface area contributed by atoms with Crippen LogP contribution >= 0.6 is 0 Å². The van der Waals surface area contributed by atoms with Gasteiger partial charge in [0.25, 0.3) is 0 Å². The minimum atomic E-state index is -1.40. The van der Waals surface area contributed by atoms with Crippen LogP contribution in [0.4, 0.5) is 4.79 Å². The summed E-state index contributed by atoms with van der Waals surface area (Å²) in [6, 6.07) is 22.7. The molecule has 10 nitrogen and oxygen atoms in total. The number of rotatable bonds is 12. The number of esters is 1. The van der Waals surface area contributed by atoms with E-state index < -0.39 is 59.7 Å². The van der Waals surface area contributed by atoms with Crippen molar-refractivity contribution in [1.29, 1.82) is 5.26 Å². The Hall–Kier alpha value is -5.61. The second-order valence-electron chi connectivity index (χ2n) is 13.5. The molecule has 0 aliphatic rings. The number of nitrogens with zero attached hydrogens (tertiary/aromatic N) is 2.